The predicted molar refractivity (Wildman–Crippen MR) is 65.6 cm³/mol. The minimum Gasteiger partial charge on any atom is -0.459 e. The van der Waals surface area contributed by atoms with E-state index in [0.717, 1.165) is 0 Å². The number of halogens is 4. The van der Waals surface area contributed by atoms with Gasteiger partial charge in [-0.2, -0.15) is 5.26 Å². The summed E-state index contributed by atoms with van der Waals surface area (Å²) in [5.74, 6) is -13.0. The molecule has 8 heteroatoms. The Morgan fingerprint density at radius 3 is 2.14 bits per heavy atom. The van der Waals surface area contributed by atoms with Crippen LogP contribution in [0.5, 0.6) is 0 Å². The van der Waals surface area contributed by atoms with Crippen LogP contribution in [0.1, 0.15) is 31.1 Å². The quantitative estimate of drug-likeness (QED) is 0.215. The second-order valence-electron chi connectivity index (χ2n) is 5.31. The van der Waals surface area contributed by atoms with E-state index >= 15 is 0 Å². The first-order valence-corrected chi connectivity index (χ1v) is 5.99. The van der Waals surface area contributed by atoms with Gasteiger partial charge in [0, 0.05) is 0 Å². The third kappa shape index (κ3) is 3.61. The van der Waals surface area contributed by atoms with Crippen molar-refractivity contribution in [3.63, 3.8) is 0 Å². The SMILES string of the molecule is CC(C)(C)OC(=O)C(C#N)C(=O)c1cc(F)c(F)c(F)c1F. The Hall–Kier alpha value is -2.43. The number of Topliss-reactive ketones (excluding diaryl/α,β-unsaturated/α-hetero) is 1. The lowest BCUT2D eigenvalue weighted by atomic mass is 9.97. The molecule has 1 aromatic carbocycles. The summed E-state index contributed by atoms with van der Waals surface area (Å²) >= 11 is 0. The number of benzene rings is 1. The Bertz CT molecular complexity index is 674. The average molecular weight is 317 g/mol. The predicted octanol–water partition coefficient (Wildman–Crippen LogP) is 2.91. The number of ether oxygens (including phenoxy) is 1. The zero-order chi connectivity index (χ0) is 17.2. The summed E-state index contributed by atoms with van der Waals surface area (Å²) in [6.07, 6.45) is 0. The van der Waals surface area contributed by atoms with E-state index in [4.69, 9.17) is 10.00 Å². The summed E-state index contributed by atoms with van der Waals surface area (Å²) < 4.78 is 57.4. The molecule has 0 spiro atoms. The molecule has 1 rings (SSSR count). The van der Waals surface area contributed by atoms with Crippen LogP contribution >= 0.6 is 0 Å². The van der Waals surface area contributed by atoms with Crippen LogP contribution in [-0.2, 0) is 9.53 Å². The van der Waals surface area contributed by atoms with Gasteiger partial charge in [-0.15, -0.1) is 0 Å². The molecule has 0 N–H and O–H groups in total. The van der Waals surface area contributed by atoms with Crippen LogP contribution < -0.4 is 0 Å². The number of nitriles is 1. The summed E-state index contributed by atoms with van der Waals surface area (Å²) in [5.41, 5.74) is -2.28. The molecule has 0 aliphatic carbocycles. The van der Waals surface area contributed by atoms with Gasteiger partial charge in [0.25, 0.3) is 0 Å². The summed E-state index contributed by atoms with van der Waals surface area (Å²) in [6.45, 7) is 4.38. The third-order valence-corrected chi connectivity index (χ3v) is 2.40. The van der Waals surface area contributed by atoms with Gasteiger partial charge < -0.3 is 4.74 Å². The maximum absolute atomic E-state index is 13.5. The maximum Gasteiger partial charge on any atom is 0.331 e. The van der Waals surface area contributed by atoms with Crippen molar-refractivity contribution in [1.82, 2.24) is 0 Å². The molecule has 0 aliphatic rings. The Labute approximate surface area is 123 Å². The fraction of sp³-hybridized carbons (Fsp3) is 0.357. The molecule has 22 heavy (non-hydrogen) atoms. The van der Waals surface area contributed by atoms with E-state index in [1.807, 2.05) is 0 Å². The molecule has 1 atom stereocenters. The molecule has 0 amide bonds. The van der Waals surface area contributed by atoms with Crippen molar-refractivity contribution in [1.29, 1.82) is 5.26 Å². The van der Waals surface area contributed by atoms with Gasteiger partial charge in [0.1, 0.15) is 5.60 Å². The number of hydrogen-bond acceptors (Lipinski definition) is 4. The average Bonchev–Trinajstić information content (AvgIpc) is 2.39. The zero-order valence-electron chi connectivity index (χ0n) is 11.8. The standard InChI is InChI=1S/C14H11F4NO3/c1-14(2,3)22-13(21)7(5-19)12(20)6-4-8(15)10(17)11(18)9(6)16/h4,7H,1-3H3. The molecule has 0 radical (unpaired) electrons. The normalized spacial score (nSPS) is 12.5. The lowest BCUT2D eigenvalue weighted by molar-refractivity contribution is -0.156. The number of nitrogens with zero attached hydrogens (tertiary/aromatic N) is 1. The van der Waals surface area contributed by atoms with E-state index in [9.17, 15) is 27.2 Å². The first-order valence-electron chi connectivity index (χ1n) is 5.99. The number of rotatable bonds is 3. The molecule has 4 nitrogen and oxygen atoms in total. The number of carbonyl (C=O) groups excluding carboxylic acids is 2. The van der Waals surface area contributed by atoms with Gasteiger partial charge in [-0.25, -0.2) is 17.6 Å². The maximum atomic E-state index is 13.5. The van der Waals surface area contributed by atoms with E-state index in [0.29, 0.717) is 0 Å². The molecule has 1 aromatic rings. The van der Waals surface area contributed by atoms with Crippen molar-refractivity contribution in [2.24, 2.45) is 5.92 Å². The highest BCUT2D eigenvalue weighted by molar-refractivity contribution is 6.10. The minimum atomic E-state index is -2.20. The molecule has 0 saturated heterocycles. The van der Waals surface area contributed by atoms with Gasteiger partial charge in [-0.3, -0.25) is 9.59 Å². The molecule has 0 aromatic heterocycles. The summed E-state index contributed by atoms with van der Waals surface area (Å²) in [5, 5.41) is 8.85. The van der Waals surface area contributed by atoms with E-state index < -0.39 is 52.1 Å². The van der Waals surface area contributed by atoms with E-state index in [-0.39, 0.29) is 6.07 Å². The lowest BCUT2D eigenvalue weighted by Gasteiger charge is -2.21. The van der Waals surface area contributed by atoms with Crippen LogP contribution in [0.2, 0.25) is 0 Å². The van der Waals surface area contributed by atoms with Gasteiger partial charge in [0.05, 0.1) is 11.6 Å². The van der Waals surface area contributed by atoms with Gasteiger partial charge in [-0.05, 0) is 26.8 Å². The summed E-state index contributed by atoms with van der Waals surface area (Å²) in [7, 11) is 0. The fourth-order valence-electron chi connectivity index (χ4n) is 1.49. The van der Waals surface area contributed by atoms with Crippen LogP contribution in [0.4, 0.5) is 17.6 Å². The van der Waals surface area contributed by atoms with Crippen molar-refractivity contribution >= 4 is 11.8 Å². The van der Waals surface area contributed by atoms with Crippen molar-refractivity contribution in [3.05, 3.63) is 34.9 Å². The van der Waals surface area contributed by atoms with Crippen molar-refractivity contribution < 1.29 is 31.9 Å². The summed E-state index contributed by atoms with van der Waals surface area (Å²) in [6, 6.07) is 1.36. The highest BCUT2D eigenvalue weighted by atomic mass is 19.2. The van der Waals surface area contributed by atoms with Gasteiger partial charge in [0.15, 0.2) is 29.1 Å². The van der Waals surface area contributed by atoms with Gasteiger partial charge >= 0.3 is 5.97 Å². The molecule has 0 heterocycles. The van der Waals surface area contributed by atoms with E-state index in [1.165, 1.54) is 26.8 Å². The largest absolute Gasteiger partial charge is 0.459 e. The zero-order valence-corrected chi connectivity index (χ0v) is 11.8. The van der Waals surface area contributed by atoms with E-state index in [1.54, 1.807) is 0 Å². The highest BCUT2D eigenvalue weighted by Gasteiger charge is 2.35. The lowest BCUT2D eigenvalue weighted by Crippen LogP contribution is -2.32. The monoisotopic (exact) mass is 317 g/mol. The second kappa shape index (κ2) is 6.13. The first kappa shape index (κ1) is 17.6. The number of hydrogen-bond donors (Lipinski definition) is 0. The Kier molecular flexibility index (Phi) is 4.91. The van der Waals surface area contributed by atoms with E-state index in [2.05, 4.69) is 0 Å². The summed E-state index contributed by atoms with van der Waals surface area (Å²) in [4.78, 5) is 23.6. The first-order chi connectivity index (χ1) is 9.99. The molecular weight excluding hydrogens is 306 g/mol. The van der Waals surface area contributed by atoms with Crippen LogP contribution in [0.15, 0.2) is 6.07 Å². The number of ketones is 1. The second-order valence-corrected chi connectivity index (χ2v) is 5.31. The molecule has 0 saturated carbocycles. The Morgan fingerprint density at radius 2 is 1.68 bits per heavy atom. The Balaban J connectivity index is 3.25. The van der Waals surface area contributed by atoms with Crippen LogP contribution in [0.3, 0.4) is 0 Å². The fourth-order valence-corrected chi connectivity index (χ4v) is 1.49. The minimum absolute atomic E-state index is 0.0881. The van der Waals surface area contributed by atoms with Gasteiger partial charge in [-0.1, -0.05) is 0 Å². The molecular formula is C14H11F4NO3. The third-order valence-electron chi connectivity index (χ3n) is 2.40. The molecule has 118 valence electrons. The van der Waals surface area contributed by atoms with Crippen LogP contribution in [0, 0.1) is 40.5 Å². The number of carbonyl (C=O) groups is 2. The molecule has 1 unspecified atom stereocenters. The molecule has 0 bridgehead atoms. The van der Waals surface area contributed by atoms with Crippen molar-refractivity contribution in [3.8, 4) is 6.07 Å². The molecule has 0 aliphatic heterocycles. The van der Waals surface area contributed by atoms with Crippen molar-refractivity contribution in [2.75, 3.05) is 0 Å². The number of esters is 1. The van der Waals surface area contributed by atoms with Crippen LogP contribution in [0.25, 0.3) is 0 Å². The highest BCUT2D eigenvalue weighted by Crippen LogP contribution is 2.22. The van der Waals surface area contributed by atoms with Crippen LogP contribution in [-0.4, -0.2) is 17.4 Å². The van der Waals surface area contributed by atoms with Gasteiger partial charge in [0.2, 0.25) is 5.92 Å². The molecule has 0 fully saturated rings. The smallest absolute Gasteiger partial charge is 0.331 e. The Morgan fingerprint density at radius 1 is 1.14 bits per heavy atom. The topological polar surface area (TPSA) is 67.2 Å². The van der Waals surface area contributed by atoms with Crippen molar-refractivity contribution in [2.45, 2.75) is 26.4 Å².